The van der Waals surface area contributed by atoms with E-state index < -0.39 is 12.8 Å². The summed E-state index contributed by atoms with van der Waals surface area (Å²) >= 11 is 0. The molecule has 7 nitrogen and oxygen atoms in total. The highest BCUT2D eigenvalue weighted by molar-refractivity contribution is 5.79. The Morgan fingerprint density at radius 2 is 1.97 bits per heavy atom. The Balaban J connectivity index is 1.46. The van der Waals surface area contributed by atoms with Gasteiger partial charge in [-0.3, -0.25) is 9.69 Å². The molecule has 2 heterocycles. The van der Waals surface area contributed by atoms with E-state index in [9.17, 15) is 18.0 Å². The van der Waals surface area contributed by atoms with Gasteiger partial charge in [0.05, 0.1) is 20.3 Å². The molecule has 2 aliphatic heterocycles. The lowest BCUT2D eigenvalue weighted by Crippen LogP contribution is -2.42. The summed E-state index contributed by atoms with van der Waals surface area (Å²) in [4.78, 5) is 16.5. The number of hydrogen-bond acceptors (Lipinski definition) is 6. The second kappa shape index (κ2) is 10.3. The van der Waals surface area contributed by atoms with Gasteiger partial charge >= 0.3 is 6.18 Å². The lowest BCUT2D eigenvalue weighted by molar-refractivity contribution is -0.153. The standard InChI is InChI=1S/C20H28F3N3O4/c1-28-18-10-15(2-3-17(18)30-14-20(21,22)23)12-24-16-11-19(27)26(13-16)5-4-25-6-8-29-9-7-25/h2-3,10,16,24H,4-9,11-14H2,1H3/t16-/m0/s1. The van der Waals surface area contributed by atoms with Crippen molar-refractivity contribution in [2.24, 2.45) is 0 Å². The quantitative estimate of drug-likeness (QED) is 0.642. The third kappa shape index (κ3) is 6.75. The van der Waals surface area contributed by atoms with Crippen LogP contribution in [0, 0.1) is 0 Å². The third-order valence-electron chi connectivity index (χ3n) is 5.22. The van der Waals surface area contributed by atoms with Crippen molar-refractivity contribution in [1.82, 2.24) is 15.1 Å². The second-order valence-corrected chi connectivity index (χ2v) is 7.46. The van der Waals surface area contributed by atoms with E-state index in [1.54, 1.807) is 12.1 Å². The van der Waals surface area contributed by atoms with Crippen LogP contribution in [-0.4, -0.2) is 87.6 Å². The number of halogens is 3. The fourth-order valence-electron chi connectivity index (χ4n) is 3.57. The highest BCUT2D eigenvalue weighted by Gasteiger charge is 2.30. The summed E-state index contributed by atoms with van der Waals surface area (Å²) < 4.78 is 52.4. The molecule has 0 spiro atoms. The van der Waals surface area contributed by atoms with E-state index in [0.29, 0.717) is 26.1 Å². The molecule has 30 heavy (non-hydrogen) atoms. The number of morpholine rings is 1. The monoisotopic (exact) mass is 431 g/mol. The lowest BCUT2D eigenvalue weighted by atomic mass is 10.1. The SMILES string of the molecule is COc1cc(CN[C@H]2CC(=O)N(CCN3CCOCC3)C2)ccc1OCC(F)(F)F. The van der Waals surface area contributed by atoms with Crippen LogP contribution >= 0.6 is 0 Å². The van der Waals surface area contributed by atoms with Crippen LogP contribution in [-0.2, 0) is 16.1 Å². The fourth-order valence-corrected chi connectivity index (χ4v) is 3.57. The molecule has 1 N–H and O–H groups in total. The highest BCUT2D eigenvalue weighted by atomic mass is 19.4. The molecule has 0 radical (unpaired) electrons. The molecule has 0 aromatic heterocycles. The summed E-state index contributed by atoms with van der Waals surface area (Å²) in [5.74, 6) is 0.423. The molecule has 168 valence electrons. The van der Waals surface area contributed by atoms with Gasteiger partial charge in [0.1, 0.15) is 0 Å². The summed E-state index contributed by atoms with van der Waals surface area (Å²) in [6.07, 6.45) is -3.97. The Bertz CT molecular complexity index is 711. The van der Waals surface area contributed by atoms with Crippen molar-refractivity contribution in [1.29, 1.82) is 0 Å². The summed E-state index contributed by atoms with van der Waals surface area (Å²) in [6.45, 7) is 4.57. The Morgan fingerprint density at radius 3 is 2.67 bits per heavy atom. The van der Waals surface area contributed by atoms with Gasteiger partial charge in [0.25, 0.3) is 0 Å². The van der Waals surface area contributed by atoms with Gasteiger partial charge in [-0.1, -0.05) is 6.07 Å². The Kier molecular flexibility index (Phi) is 7.79. The zero-order valence-corrected chi connectivity index (χ0v) is 17.0. The minimum atomic E-state index is -4.41. The molecule has 2 fully saturated rings. The number of nitrogens with zero attached hydrogens (tertiary/aromatic N) is 2. The van der Waals surface area contributed by atoms with E-state index in [2.05, 4.69) is 10.2 Å². The number of carbonyl (C=O) groups excluding carboxylic acids is 1. The first-order valence-electron chi connectivity index (χ1n) is 10.0. The summed E-state index contributed by atoms with van der Waals surface area (Å²) in [5.41, 5.74) is 0.838. The number of methoxy groups -OCH3 is 1. The van der Waals surface area contributed by atoms with Gasteiger partial charge in [0.15, 0.2) is 18.1 Å². The fraction of sp³-hybridized carbons (Fsp3) is 0.650. The van der Waals surface area contributed by atoms with Gasteiger partial charge in [0.2, 0.25) is 5.91 Å². The van der Waals surface area contributed by atoms with E-state index in [0.717, 1.165) is 38.4 Å². The molecule has 2 aliphatic rings. The molecule has 1 atom stereocenters. The number of hydrogen-bond donors (Lipinski definition) is 1. The van der Waals surface area contributed by atoms with Crippen molar-refractivity contribution < 1.29 is 32.2 Å². The van der Waals surface area contributed by atoms with Crippen molar-refractivity contribution in [2.75, 3.05) is 59.7 Å². The minimum Gasteiger partial charge on any atom is -0.493 e. The number of carbonyl (C=O) groups is 1. The van der Waals surface area contributed by atoms with Crippen molar-refractivity contribution in [3.05, 3.63) is 23.8 Å². The number of ether oxygens (including phenoxy) is 3. The number of rotatable bonds is 9. The first-order chi connectivity index (χ1) is 14.3. The molecule has 2 saturated heterocycles. The van der Waals surface area contributed by atoms with Crippen LogP contribution in [0.1, 0.15) is 12.0 Å². The first kappa shape index (κ1) is 22.6. The molecule has 1 aromatic rings. The summed E-state index contributed by atoms with van der Waals surface area (Å²) in [5, 5.41) is 3.35. The number of alkyl halides is 3. The number of amides is 1. The second-order valence-electron chi connectivity index (χ2n) is 7.46. The number of likely N-dealkylation sites (tertiary alicyclic amines) is 1. The third-order valence-corrected chi connectivity index (χ3v) is 5.22. The van der Waals surface area contributed by atoms with Gasteiger partial charge in [-0.25, -0.2) is 0 Å². The summed E-state index contributed by atoms with van der Waals surface area (Å²) in [7, 11) is 1.38. The minimum absolute atomic E-state index is 0.0364. The van der Waals surface area contributed by atoms with Crippen molar-refractivity contribution in [3.63, 3.8) is 0 Å². The summed E-state index contributed by atoms with van der Waals surface area (Å²) in [6, 6.07) is 4.84. The van der Waals surface area contributed by atoms with Gasteiger partial charge in [-0.15, -0.1) is 0 Å². The van der Waals surface area contributed by atoms with Crippen LogP contribution in [0.5, 0.6) is 11.5 Å². The average molecular weight is 431 g/mol. The Labute approximate surface area is 174 Å². The molecule has 0 saturated carbocycles. The number of benzene rings is 1. The lowest BCUT2D eigenvalue weighted by Gasteiger charge is -2.28. The van der Waals surface area contributed by atoms with Crippen LogP contribution in [0.25, 0.3) is 0 Å². The Hall–Kier alpha value is -2.04. The molecule has 0 bridgehead atoms. The maximum atomic E-state index is 12.4. The number of nitrogens with one attached hydrogen (secondary N) is 1. The van der Waals surface area contributed by atoms with Crippen LogP contribution in [0.2, 0.25) is 0 Å². The molecular weight excluding hydrogens is 403 g/mol. The molecule has 10 heteroatoms. The normalized spacial score (nSPS) is 20.6. The van der Waals surface area contributed by atoms with E-state index in [1.807, 2.05) is 4.90 Å². The molecule has 0 aliphatic carbocycles. The van der Waals surface area contributed by atoms with Crippen LogP contribution < -0.4 is 14.8 Å². The van der Waals surface area contributed by atoms with Gasteiger partial charge in [-0.05, 0) is 17.7 Å². The smallest absolute Gasteiger partial charge is 0.422 e. The zero-order chi connectivity index (χ0) is 21.6. The Morgan fingerprint density at radius 1 is 1.20 bits per heavy atom. The highest BCUT2D eigenvalue weighted by Crippen LogP contribution is 2.30. The predicted molar refractivity (Wildman–Crippen MR) is 104 cm³/mol. The van der Waals surface area contributed by atoms with Crippen LogP contribution in [0.3, 0.4) is 0 Å². The largest absolute Gasteiger partial charge is 0.493 e. The van der Waals surface area contributed by atoms with Gasteiger partial charge < -0.3 is 24.4 Å². The molecular formula is C20H28F3N3O4. The van der Waals surface area contributed by atoms with E-state index >= 15 is 0 Å². The molecule has 0 unspecified atom stereocenters. The van der Waals surface area contributed by atoms with E-state index in [-0.39, 0.29) is 23.4 Å². The van der Waals surface area contributed by atoms with E-state index in [4.69, 9.17) is 14.2 Å². The van der Waals surface area contributed by atoms with Gasteiger partial charge in [0, 0.05) is 51.7 Å². The predicted octanol–water partition coefficient (Wildman–Crippen LogP) is 1.66. The van der Waals surface area contributed by atoms with Crippen LogP contribution in [0.15, 0.2) is 18.2 Å². The first-order valence-corrected chi connectivity index (χ1v) is 10.0. The van der Waals surface area contributed by atoms with Crippen molar-refractivity contribution >= 4 is 5.91 Å². The molecule has 1 aromatic carbocycles. The molecule has 3 rings (SSSR count). The average Bonchev–Trinajstić information content (AvgIpc) is 3.09. The van der Waals surface area contributed by atoms with Gasteiger partial charge in [-0.2, -0.15) is 13.2 Å². The van der Waals surface area contributed by atoms with Crippen molar-refractivity contribution in [2.45, 2.75) is 25.2 Å². The van der Waals surface area contributed by atoms with Crippen molar-refractivity contribution in [3.8, 4) is 11.5 Å². The molecule has 1 amide bonds. The maximum Gasteiger partial charge on any atom is 0.422 e. The topological polar surface area (TPSA) is 63.3 Å². The van der Waals surface area contributed by atoms with Crippen LogP contribution in [0.4, 0.5) is 13.2 Å². The van der Waals surface area contributed by atoms with E-state index in [1.165, 1.54) is 13.2 Å². The maximum absolute atomic E-state index is 12.4. The zero-order valence-electron chi connectivity index (χ0n) is 17.0.